The number of thioether (sulfide) groups is 1. The van der Waals surface area contributed by atoms with Crippen LogP contribution in [0.1, 0.15) is 18.1 Å². The number of amides is 4. The van der Waals surface area contributed by atoms with Crippen molar-refractivity contribution in [1.82, 2.24) is 4.90 Å². The molecule has 11 heteroatoms. The predicted octanol–water partition coefficient (Wildman–Crippen LogP) is 5.55. The van der Waals surface area contributed by atoms with Crippen molar-refractivity contribution in [2.45, 2.75) is 13.3 Å². The number of methoxy groups -OCH3 is 1. The topological polar surface area (TPSA) is 114 Å². The molecule has 0 atom stereocenters. The molecule has 206 valence electrons. The summed E-state index contributed by atoms with van der Waals surface area (Å²) in [7, 11) is 1.46. The van der Waals surface area contributed by atoms with Crippen LogP contribution in [-0.2, 0) is 20.8 Å². The normalized spacial score (nSPS) is 13.9. The molecule has 0 unspecified atom stereocenters. The van der Waals surface area contributed by atoms with Gasteiger partial charge in [0.15, 0.2) is 18.1 Å². The van der Waals surface area contributed by atoms with Crippen LogP contribution in [0.2, 0.25) is 0 Å². The summed E-state index contributed by atoms with van der Waals surface area (Å²) in [6, 6.07) is 19.7. The molecule has 3 aromatic carbocycles. The van der Waals surface area contributed by atoms with Gasteiger partial charge in [0.25, 0.3) is 17.1 Å². The summed E-state index contributed by atoms with van der Waals surface area (Å²) in [5, 5.41) is 4.94. The Morgan fingerprint density at radius 2 is 1.57 bits per heavy atom. The number of nitrogens with zero attached hydrogens (tertiary/aromatic N) is 1. The van der Waals surface area contributed by atoms with E-state index in [4.69, 9.17) is 9.47 Å². The van der Waals surface area contributed by atoms with Crippen molar-refractivity contribution >= 4 is 74.8 Å². The molecule has 1 aliphatic rings. The van der Waals surface area contributed by atoms with Gasteiger partial charge in [-0.2, -0.15) is 0 Å². The first-order valence-corrected chi connectivity index (χ1v) is 14.2. The number of carbonyl (C=O) groups is 4. The molecular formula is C29H26IN3O6S. The van der Waals surface area contributed by atoms with Gasteiger partial charge in [-0.05, 0) is 107 Å². The summed E-state index contributed by atoms with van der Waals surface area (Å²) in [5.74, 6) is -0.665. The molecule has 3 aromatic rings. The molecule has 0 radical (unpaired) electrons. The second-order valence-corrected chi connectivity index (χ2v) is 10.9. The van der Waals surface area contributed by atoms with E-state index in [1.165, 1.54) is 12.7 Å². The van der Waals surface area contributed by atoms with E-state index in [1.807, 2.05) is 36.4 Å². The van der Waals surface area contributed by atoms with Crippen LogP contribution in [0, 0.1) is 3.57 Å². The van der Waals surface area contributed by atoms with Gasteiger partial charge in [0.05, 0.1) is 12.0 Å². The smallest absolute Gasteiger partial charge is 0.294 e. The Morgan fingerprint density at radius 1 is 0.925 bits per heavy atom. The average Bonchev–Trinajstić information content (AvgIpc) is 3.21. The van der Waals surface area contributed by atoms with Crippen LogP contribution < -0.4 is 20.1 Å². The van der Waals surface area contributed by atoms with Crippen LogP contribution in [0.25, 0.3) is 6.08 Å². The van der Waals surface area contributed by atoms with Crippen LogP contribution in [0.3, 0.4) is 0 Å². The van der Waals surface area contributed by atoms with Crippen molar-refractivity contribution in [3.05, 3.63) is 86.3 Å². The third-order valence-corrected chi connectivity index (χ3v) is 7.42. The molecule has 0 saturated carbocycles. The average molecular weight is 672 g/mol. The van der Waals surface area contributed by atoms with E-state index in [-0.39, 0.29) is 17.4 Å². The van der Waals surface area contributed by atoms with Gasteiger partial charge in [-0.25, -0.2) is 0 Å². The Bertz CT molecular complexity index is 1460. The third-order valence-electron chi connectivity index (χ3n) is 5.79. The first-order valence-electron chi connectivity index (χ1n) is 12.3. The first-order chi connectivity index (χ1) is 19.2. The molecule has 0 aliphatic carbocycles. The minimum Gasteiger partial charge on any atom is -0.493 e. The van der Waals surface area contributed by atoms with E-state index in [9.17, 15) is 19.2 Å². The van der Waals surface area contributed by atoms with Gasteiger partial charge in [-0.3, -0.25) is 24.1 Å². The van der Waals surface area contributed by atoms with Gasteiger partial charge < -0.3 is 20.1 Å². The van der Waals surface area contributed by atoms with Gasteiger partial charge in [0.1, 0.15) is 6.54 Å². The summed E-state index contributed by atoms with van der Waals surface area (Å²) in [6.07, 6.45) is 2.46. The van der Waals surface area contributed by atoms with Gasteiger partial charge in [-0.15, -0.1) is 0 Å². The highest BCUT2D eigenvalue weighted by Gasteiger charge is 2.36. The third kappa shape index (κ3) is 7.63. The summed E-state index contributed by atoms with van der Waals surface area (Å²) in [6.45, 7) is 1.44. The lowest BCUT2D eigenvalue weighted by molar-refractivity contribution is -0.127. The summed E-state index contributed by atoms with van der Waals surface area (Å²) < 4.78 is 12.1. The van der Waals surface area contributed by atoms with Crippen LogP contribution in [0.4, 0.5) is 16.2 Å². The minimum absolute atomic E-state index is 0.177. The molecule has 4 rings (SSSR count). The molecule has 0 spiro atoms. The van der Waals surface area contributed by atoms with Gasteiger partial charge >= 0.3 is 0 Å². The lowest BCUT2D eigenvalue weighted by Gasteiger charge is -2.13. The molecule has 0 aromatic heterocycles. The quantitative estimate of drug-likeness (QED) is 0.215. The van der Waals surface area contributed by atoms with E-state index in [0.717, 1.165) is 26.7 Å². The van der Waals surface area contributed by atoms with Gasteiger partial charge in [0, 0.05) is 14.9 Å². The SMILES string of the molecule is CCc1ccc(NC(=O)COc2ccc(/C=C3\SC(=O)N(CC(=O)Nc4ccc(I)cc4)C3=O)cc2OC)cc1. The number of nitrogens with one attached hydrogen (secondary N) is 2. The van der Waals surface area contributed by atoms with E-state index < -0.39 is 23.6 Å². The van der Waals surface area contributed by atoms with E-state index in [0.29, 0.717) is 28.4 Å². The number of hydrogen-bond donors (Lipinski definition) is 2. The molecule has 0 bridgehead atoms. The van der Waals surface area contributed by atoms with Crippen LogP contribution in [-0.4, -0.2) is 48.1 Å². The maximum atomic E-state index is 12.9. The zero-order chi connectivity index (χ0) is 28.6. The molecule has 1 heterocycles. The Balaban J connectivity index is 1.36. The Labute approximate surface area is 249 Å². The molecule has 4 amide bonds. The van der Waals surface area contributed by atoms with Crippen molar-refractivity contribution < 1.29 is 28.7 Å². The second-order valence-electron chi connectivity index (χ2n) is 8.62. The van der Waals surface area contributed by atoms with E-state index in [2.05, 4.69) is 40.1 Å². The van der Waals surface area contributed by atoms with Crippen molar-refractivity contribution in [1.29, 1.82) is 0 Å². The van der Waals surface area contributed by atoms with Gasteiger partial charge in [-0.1, -0.05) is 25.1 Å². The molecule has 40 heavy (non-hydrogen) atoms. The largest absolute Gasteiger partial charge is 0.493 e. The van der Waals surface area contributed by atoms with Gasteiger partial charge in [0.2, 0.25) is 5.91 Å². The molecule has 1 saturated heterocycles. The highest BCUT2D eigenvalue weighted by molar-refractivity contribution is 14.1. The summed E-state index contributed by atoms with van der Waals surface area (Å²) in [5.41, 5.74) is 3.01. The van der Waals surface area contributed by atoms with Crippen LogP contribution in [0.15, 0.2) is 71.6 Å². The zero-order valence-electron chi connectivity index (χ0n) is 21.7. The lowest BCUT2D eigenvalue weighted by Crippen LogP contribution is -2.36. The molecule has 1 fully saturated rings. The number of carbonyl (C=O) groups excluding carboxylic acids is 4. The molecule has 1 aliphatic heterocycles. The van der Waals surface area contributed by atoms with Crippen molar-refractivity contribution in [2.75, 3.05) is 30.9 Å². The van der Waals surface area contributed by atoms with Crippen molar-refractivity contribution in [2.24, 2.45) is 0 Å². The number of ether oxygens (including phenoxy) is 2. The summed E-state index contributed by atoms with van der Waals surface area (Å²) >= 11 is 2.91. The fourth-order valence-electron chi connectivity index (χ4n) is 3.72. The number of anilines is 2. The first kappa shape index (κ1) is 29.2. The van der Waals surface area contributed by atoms with Crippen LogP contribution in [0.5, 0.6) is 11.5 Å². The van der Waals surface area contributed by atoms with Crippen molar-refractivity contribution in [3.63, 3.8) is 0 Å². The lowest BCUT2D eigenvalue weighted by atomic mass is 10.1. The molecule has 9 nitrogen and oxygen atoms in total. The predicted molar refractivity (Wildman–Crippen MR) is 163 cm³/mol. The standard InChI is InChI=1S/C29H26IN3O6S/c1-3-18-4-9-21(10-5-18)32-27(35)17-39-23-13-6-19(14-24(23)38-2)15-25-28(36)33(29(37)40-25)16-26(34)31-22-11-7-20(30)8-12-22/h4-15H,3,16-17H2,1-2H3,(H,31,34)(H,32,35)/b25-15-. The number of imide groups is 1. The number of rotatable bonds is 10. The Morgan fingerprint density at radius 3 is 2.23 bits per heavy atom. The summed E-state index contributed by atoms with van der Waals surface area (Å²) in [4.78, 5) is 51.2. The maximum absolute atomic E-state index is 12.9. The van der Waals surface area contributed by atoms with E-state index in [1.54, 1.807) is 36.4 Å². The number of halogens is 1. The highest BCUT2D eigenvalue weighted by Crippen LogP contribution is 2.34. The Hall–Kier alpha value is -3.84. The zero-order valence-corrected chi connectivity index (χ0v) is 24.7. The highest BCUT2D eigenvalue weighted by atomic mass is 127. The molecule has 2 N–H and O–H groups in total. The van der Waals surface area contributed by atoms with E-state index >= 15 is 0 Å². The fraction of sp³-hybridized carbons (Fsp3) is 0.172. The van der Waals surface area contributed by atoms with Crippen LogP contribution >= 0.6 is 34.4 Å². The number of benzene rings is 3. The molecular weight excluding hydrogens is 645 g/mol. The monoisotopic (exact) mass is 671 g/mol. The van der Waals surface area contributed by atoms with Crippen molar-refractivity contribution in [3.8, 4) is 11.5 Å². The maximum Gasteiger partial charge on any atom is 0.294 e. The number of aryl methyl sites for hydroxylation is 1. The number of hydrogen-bond acceptors (Lipinski definition) is 7. The minimum atomic E-state index is -0.560. The Kier molecular flexibility index (Phi) is 9.83. The fourth-order valence-corrected chi connectivity index (χ4v) is 4.92. The second kappa shape index (κ2) is 13.5.